The third-order valence-corrected chi connectivity index (χ3v) is 2.42. The van der Waals surface area contributed by atoms with E-state index < -0.39 is 5.97 Å². The molecular formula is C11H20N2O6. The molecule has 8 heteroatoms. The summed E-state index contributed by atoms with van der Waals surface area (Å²) < 4.78 is 9.58. The second kappa shape index (κ2) is 9.68. The molecule has 8 nitrogen and oxygen atoms in total. The van der Waals surface area contributed by atoms with E-state index in [1.165, 1.54) is 7.11 Å². The van der Waals surface area contributed by atoms with Crippen molar-refractivity contribution in [3.63, 3.8) is 0 Å². The summed E-state index contributed by atoms with van der Waals surface area (Å²) in [4.78, 5) is 33.1. The van der Waals surface area contributed by atoms with E-state index in [1.54, 1.807) is 0 Å². The number of esters is 1. The predicted octanol–water partition coefficient (Wildman–Crippen LogP) is -1.10. The van der Waals surface area contributed by atoms with Gasteiger partial charge in [0.25, 0.3) is 0 Å². The Morgan fingerprint density at radius 1 is 1.21 bits per heavy atom. The highest BCUT2D eigenvalue weighted by Gasteiger charge is 2.12. The van der Waals surface area contributed by atoms with Crippen LogP contribution in [0.15, 0.2) is 0 Å². The first-order valence-corrected chi connectivity index (χ1v) is 6.12. The third-order valence-electron chi connectivity index (χ3n) is 2.42. The standard InChI is InChI=1S/C11H20N2O6/c1-16-8-11(15)19-18-7-2-10(14)17-9-13-5-3-12-4-6-13/h12H,2-9H2,1H3. The highest BCUT2D eigenvalue weighted by molar-refractivity contribution is 5.70. The molecule has 0 aromatic rings. The molecule has 0 aromatic carbocycles. The van der Waals surface area contributed by atoms with Gasteiger partial charge >= 0.3 is 11.9 Å². The van der Waals surface area contributed by atoms with Crippen molar-refractivity contribution in [3.05, 3.63) is 0 Å². The molecule has 0 bridgehead atoms. The lowest BCUT2D eigenvalue weighted by molar-refractivity contribution is -0.275. The van der Waals surface area contributed by atoms with Crippen LogP contribution in [0.3, 0.4) is 0 Å². The molecule has 1 rings (SSSR count). The van der Waals surface area contributed by atoms with Crippen LogP contribution in [0.2, 0.25) is 0 Å². The normalized spacial score (nSPS) is 16.1. The highest BCUT2D eigenvalue weighted by atomic mass is 17.2. The number of piperazine rings is 1. The van der Waals surface area contributed by atoms with Gasteiger partial charge in [-0.15, -0.1) is 0 Å². The van der Waals surface area contributed by atoms with E-state index in [2.05, 4.69) is 19.8 Å². The van der Waals surface area contributed by atoms with Crippen molar-refractivity contribution in [2.45, 2.75) is 6.42 Å². The number of ether oxygens (including phenoxy) is 2. The van der Waals surface area contributed by atoms with Crippen LogP contribution in [0, 0.1) is 0 Å². The first kappa shape index (κ1) is 15.8. The molecule has 0 amide bonds. The largest absolute Gasteiger partial charge is 0.449 e. The van der Waals surface area contributed by atoms with Gasteiger partial charge in [0.05, 0.1) is 6.42 Å². The van der Waals surface area contributed by atoms with Crippen molar-refractivity contribution in [1.82, 2.24) is 10.2 Å². The van der Waals surface area contributed by atoms with E-state index >= 15 is 0 Å². The SMILES string of the molecule is COCC(=O)OOCCC(=O)OCN1CCNCC1. The van der Waals surface area contributed by atoms with Gasteiger partial charge in [0.2, 0.25) is 0 Å². The predicted molar refractivity (Wildman–Crippen MR) is 63.9 cm³/mol. The summed E-state index contributed by atoms with van der Waals surface area (Å²) in [6.07, 6.45) is 0.0341. The molecule has 1 aliphatic heterocycles. The van der Waals surface area contributed by atoms with Crippen molar-refractivity contribution in [1.29, 1.82) is 0 Å². The van der Waals surface area contributed by atoms with E-state index in [0.29, 0.717) is 0 Å². The minimum Gasteiger partial charge on any atom is -0.449 e. The van der Waals surface area contributed by atoms with Crippen LogP contribution in [-0.4, -0.2) is 70.1 Å². The van der Waals surface area contributed by atoms with Crippen molar-refractivity contribution in [2.24, 2.45) is 0 Å². The highest BCUT2D eigenvalue weighted by Crippen LogP contribution is 1.95. The third kappa shape index (κ3) is 7.73. The monoisotopic (exact) mass is 276 g/mol. The fourth-order valence-corrected chi connectivity index (χ4v) is 1.45. The fourth-order valence-electron chi connectivity index (χ4n) is 1.45. The molecule has 0 unspecified atom stereocenters. The molecule has 1 aliphatic rings. The summed E-state index contributed by atoms with van der Waals surface area (Å²) in [6.45, 7) is 3.58. The summed E-state index contributed by atoms with van der Waals surface area (Å²) in [5, 5.41) is 3.20. The van der Waals surface area contributed by atoms with Gasteiger partial charge in [-0.2, -0.15) is 4.89 Å². The maximum absolute atomic E-state index is 11.3. The number of hydrogen-bond acceptors (Lipinski definition) is 8. The fraction of sp³-hybridized carbons (Fsp3) is 0.818. The zero-order valence-electron chi connectivity index (χ0n) is 11.1. The Labute approximate surface area is 111 Å². The first-order valence-electron chi connectivity index (χ1n) is 6.12. The lowest BCUT2D eigenvalue weighted by Crippen LogP contribution is -2.44. The molecule has 110 valence electrons. The molecule has 1 saturated heterocycles. The van der Waals surface area contributed by atoms with Crippen molar-refractivity contribution < 1.29 is 28.8 Å². The maximum atomic E-state index is 11.3. The molecule has 0 aromatic heterocycles. The van der Waals surface area contributed by atoms with E-state index in [0.717, 1.165) is 26.2 Å². The Morgan fingerprint density at radius 3 is 2.63 bits per heavy atom. The topological polar surface area (TPSA) is 86.3 Å². The summed E-state index contributed by atoms with van der Waals surface area (Å²) in [5.41, 5.74) is 0. The van der Waals surface area contributed by atoms with Crippen molar-refractivity contribution >= 4 is 11.9 Å². The molecule has 1 fully saturated rings. The minimum atomic E-state index is -0.642. The van der Waals surface area contributed by atoms with Crippen LogP contribution in [-0.2, 0) is 28.8 Å². The van der Waals surface area contributed by atoms with E-state index in [1.807, 2.05) is 4.90 Å². The molecule has 1 heterocycles. The van der Waals surface area contributed by atoms with Crippen LogP contribution in [0.25, 0.3) is 0 Å². The average molecular weight is 276 g/mol. The molecule has 0 aliphatic carbocycles. The zero-order chi connectivity index (χ0) is 13.9. The number of nitrogens with zero attached hydrogens (tertiary/aromatic N) is 1. The van der Waals surface area contributed by atoms with E-state index in [9.17, 15) is 9.59 Å². The van der Waals surface area contributed by atoms with Crippen molar-refractivity contribution in [3.8, 4) is 0 Å². The number of carbonyl (C=O) groups excluding carboxylic acids is 2. The molecule has 0 atom stereocenters. The van der Waals surface area contributed by atoms with Crippen LogP contribution in [0.5, 0.6) is 0 Å². The first-order chi connectivity index (χ1) is 9.22. The van der Waals surface area contributed by atoms with Crippen LogP contribution < -0.4 is 5.32 Å². The lowest BCUT2D eigenvalue weighted by Gasteiger charge is -2.26. The van der Waals surface area contributed by atoms with Crippen LogP contribution >= 0.6 is 0 Å². The van der Waals surface area contributed by atoms with Gasteiger partial charge in [0, 0.05) is 33.3 Å². The Hall–Kier alpha value is -1.22. The Bertz CT molecular complexity index is 280. The Balaban J connectivity index is 1.97. The molecular weight excluding hydrogens is 256 g/mol. The second-order valence-electron chi connectivity index (χ2n) is 3.97. The quantitative estimate of drug-likeness (QED) is 0.259. The van der Waals surface area contributed by atoms with E-state index in [4.69, 9.17) is 4.74 Å². The smallest absolute Gasteiger partial charge is 0.367 e. The number of carbonyl (C=O) groups is 2. The van der Waals surface area contributed by atoms with Crippen LogP contribution in [0.1, 0.15) is 6.42 Å². The molecule has 0 saturated carbocycles. The minimum absolute atomic E-state index is 0.0319. The van der Waals surface area contributed by atoms with Gasteiger partial charge < -0.3 is 14.8 Å². The van der Waals surface area contributed by atoms with Gasteiger partial charge in [-0.3, -0.25) is 14.6 Å². The van der Waals surface area contributed by atoms with Gasteiger partial charge in [0.15, 0.2) is 0 Å². The Morgan fingerprint density at radius 2 is 1.95 bits per heavy atom. The zero-order valence-corrected chi connectivity index (χ0v) is 11.1. The molecule has 1 N–H and O–H groups in total. The summed E-state index contributed by atoms with van der Waals surface area (Å²) in [5.74, 6) is -1.03. The van der Waals surface area contributed by atoms with Gasteiger partial charge in [-0.25, -0.2) is 4.79 Å². The van der Waals surface area contributed by atoms with Gasteiger partial charge in [0.1, 0.15) is 19.9 Å². The summed E-state index contributed by atoms with van der Waals surface area (Å²) in [6, 6.07) is 0. The Kier molecular flexibility index (Phi) is 8.07. The molecule has 19 heavy (non-hydrogen) atoms. The second-order valence-corrected chi connectivity index (χ2v) is 3.97. The van der Waals surface area contributed by atoms with Gasteiger partial charge in [-0.1, -0.05) is 0 Å². The molecule has 0 radical (unpaired) electrons. The average Bonchev–Trinajstić information content (AvgIpc) is 2.43. The number of rotatable bonds is 8. The lowest BCUT2D eigenvalue weighted by atomic mass is 10.4. The summed E-state index contributed by atoms with van der Waals surface area (Å²) >= 11 is 0. The summed E-state index contributed by atoms with van der Waals surface area (Å²) in [7, 11) is 1.37. The number of methoxy groups -OCH3 is 1. The van der Waals surface area contributed by atoms with Crippen molar-refractivity contribution in [2.75, 3.05) is 53.2 Å². The van der Waals surface area contributed by atoms with E-state index in [-0.39, 0.29) is 32.3 Å². The van der Waals surface area contributed by atoms with Crippen LogP contribution in [0.4, 0.5) is 0 Å². The maximum Gasteiger partial charge on any atom is 0.367 e. The van der Waals surface area contributed by atoms with Gasteiger partial charge in [-0.05, 0) is 0 Å². The molecule has 0 spiro atoms. The number of hydrogen-bond donors (Lipinski definition) is 1. The number of nitrogens with one attached hydrogen (secondary N) is 1.